The number of aliphatic hydroxyl groups is 1. The lowest BCUT2D eigenvalue weighted by atomic mass is 10.3. The minimum Gasteiger partial charge on any atom is -0.382 e. The molecule has 5 nitrogen and oxygen atoms in total. The molecule has 1 unspecified atom stereocenters. The zero-order valence-electron chi connectivity index (χ0n) is 7.96. The van der Waals surface area contributed by atoms with Crippen LogP contribution >= 0.6 is 11.3 Å². The number of nitrogens with two attached hydrogens (primary N) is 1. The molecule has 2 rings (SSSR count). The summed E-state index contributed by atoms with van der Waals surface area (Å²) in [4.78, 5) is 5.21. The molecule has 2 aromatic rings. The monoisotopic (exact) mass is 225 g/mol. The zero-order chi connectivity index (χ0) is 10.7. The molecule has 0 radical (unpaired) electrons. The third-order valence-electron chi connectivity index (χ3n) is 1.90. The van der Waals surface area contributed by atoms with E-state index in [1.807, 2.05) is 17.5 Å². The third kappa shape index (κ3) is 2.41. The Morgan fingerprint density at radius 2 is 2.47 bits per heavy atom. The van der Waals surface area contributed by atoms with Gasteiger partial charge in [0, 0.05) is 17.8 Å². The van der Waals surface area contributed by atoms with Crippen LogP contribution in [0.3, 0.4) is 0 Å². The molecule has 6 heteroatoms. The van der Waals surface area contributed by atoms with E-state index in [9.17, 15) is 5.11 Å². The normalized spacial score (nSPS) is 12.9. The van der Waals surface area contributed by atoms with Gasteiger partial charge in [-0.1, -0.05) is 11.2 Å². The van der Waals surface area contributed by atoms with Crippen LogP contribution in [0.15, 0.2) is 22.0 Å². The molecule has 0 aliphatic heterocycles. The average molecular weight is 225 g/mol. The molecular weight excluding hydrogens is 214 g/mol. The van der Waals surface area contributed by atoms with E-state index in [2.05, 4.69) is 10.1 Å². The molecule has 0 bridgehead atoms. The van der Waals surface area contributed by atoms with Crippen LogP contribution in [0.5, 0.6) is 0 Å². The predicted molar refractivity (Wildman–Crippen MR) is 55.4 cm³/mol. The molecule has 0 aliphatic carbocycles. The van der Waals surface area contributed by atoms with E-state index in [-0.39, 0.29) is 12.4 Å². The Morgan fingerprint density at radius 3 is 3.13 bits per heavy atom. The van der Waals surface area contributed by atoms with Crippen molar-refractivity contribution in [1.29, 1.82) is 0 Å². The molecule has 0 fully saturated rings. The maximum atomic E-state index is 9.35. The van der Waals surface area contributed by atoms with Crippen molar-refractivity contribution in [3.63, 3.8) is 0 Å². The van der Waals surface area contributed by atoms with Gasteiger partial charge in [0.05, 0.1) is 0 Å². The van der Waals surface area contributed by atoms with Gasteiger partial charge in [-0.05, 0) is 11.4 Å². The lowest BCUT2D eigenvalue weighted by molar-refractivity contribution is 0.141. The van der Waals surface area contributed by atoms with Gasteiger partial charge in [0.15, 0.2) is 5.82 Å². The summed E-state index contributed by atoms with van der Waals surface area (Å²) >= 11 is 1.63. The highest BCUT2D eigenvalue weighted by Crippen LogP contribution is 2.14. The average Bonchev–Trinajstić information content (AvgIpc) is 2.88. The maximum Gasteiger partial charge on any atom is 0.256 e. The van der Waals surface area contributed by atoms with E-state index in [1.54, 1.807) is 11.3 Å². The van der Waals surface area contributed by atoms with Gasteiger partial charge < -0.3 is 15.4 Å². The Bertz CT molecular complexity index is 413. The molecule has 1 atom stereocenters. The summed E-state index contributed by atoms with van der Waals surface area (Å²) in [6, 6.07) is 3.97. The van der Waals surface area contributed by atoms with Gasteiger partial charge in [-0.3, -0.25) is 0 Å². The van der Waals surface area contributed by atoms with Gasteiger partial charge >= 0.3 is 0 Å². The molecule has 0 amide bonds. The molecule has 0 saturated heterocycles. The van der Waals surface area contributed by atoms with Crippen molar-refractivity contribution in [3.05, 3.63) is 34.1 Å². The quantitative estimate of drug-likeness (QED) is 0.800. The van der Waals surface area contributed by atoms with Gasteiger partial charge in [-0.15, -0.1) is 11.3 Å². The van der Waals surface area contributed by atoms with Crippen LogP contribution in [0, 0.1) is 0 Å². The Morgan fingerprint density at radius 1 is 1.60 bits per heavy atom. The summed E-state index contributed by atoms with van der Waals surface area (Å²) < 4.78 is 4.88. The second-order valence-electron chi connectivity index (χ2n) is 3.06. The largest absolute Gasteiger partial charge is 0.382 e. The van der Waals surface area contributed by atoms with Crippen LogP contribution in [0.2, 0.25) is 0 Å². The number of nitrogens with zero attached hydrogens (tertiary/aromatic N) is 2. The number of hydrogen-bond donors (Lipinski definition) is 2. The molecule has 2 heterocycles. The topological polar surface area (TPSA) is 85.2 Å². The van der Waals surface area contributed by atoms with Crippen molar-refractivity contribution in [3.8, 4) is 0 Å². The summed E-state index contributed by atoms with van der Waals surface area (Å²) in [5.74, 6) is 0.754. The second kappa shape index (κ2) is 4.52. The molecule has 80 valence electrons. The molecule has 0 saturated carbocycles. The Kier molecular flexibility index (Phi) is 3.10. The maximum absolute atomic E-state index is 9.35. The fraction of sp³-hybridized carbons (Fsp3) is 0.333. The summed E-state index contributed by atoms with van der Waals surface area (Å²) in [7, 11) is 0. The van der Waals surface area contributed by atoms with Crippen molar-refractivity contribution in [2.24, 2.45) is 5.73 Å². The van der Waals surface area contributed by atoms with Crippen molar-refractivity contribution >= 4 is 11.3 Å². The smallest absolute Gasteiger partial charge is 0.256 e. The number of thiophene rings is 1. The van der Waals surface area contributed by atoms with Crippen molar-refractivity contribution < 1.29 is 9.63 Å². The van der Waals surface area contributed by atoms with Crippen LogP contribution in [0.1, 0.15) is 22.7 Å². The molecule has 15 heavy (non-hydrogen) atoms. The Hall–Kier alpha value is -1.24. The van der Waals surface area contributed by atoms with Crippen molar-refractivity contribution in [1.82, 2.24) is 10.1 Å². The Labute approximate surface area is 90.5 Å². The molecule has 0 spiro atoms. The molecule has 0 aliphatic rings. The van der Waals surface area contributed by atoms with E-state index in [0.717, 1.165) is 4.88 Å². The van der Waals surface area contributed by atoms with E-state index in [0.29, 0.717) is 12.2 Å². The van der Waals surface area contributed by atoms with E-state index in [1.165, 1.54) is 0 Å². The Balaban J connectivity index is 2.07. The molecule has 0 aromatic carbocycles. The first-order valence-electron chi connectivity index (χ1n) is 4.52. The van der Waals surface area contributed by atoms with Crippen LogP contribution in [-0.4, -0.2) is 21.8 Å². The number of aromatic nitrogens is 2. The SMILES string of the molecule is NCC(O)c1nc(Cc2cccs2)no1. The van der Waals surface area contributed by atoms with Gasteiger partial charge in [-0.25, -0.2) is 0 Å². The standard InChI is InChI=1S/C9H11N3O2S/c10-5-7(13)9-11-8(12-14-9)4-6-2-1-3-15-6/h1-3,7,13H,4-5,10H2. The van der Waals surface area contributed by atoms with Gasteiger partial charge in [0.2, 0.25) is 0 Å². The van der Waals surface area contributed by atoms with Gasteiger partial charge in [0.1, 0.15) is 6.10 Å². The lowest BCUT2D eigenvalue weighted by Crippen LogP contribution is -2.11. The third-order valence-corrected chi connectivity index (χ3v) is 2.78. The second-order valence-corrected chi connectivity index (χ2v) is 4.09. The molecular formula is C9H11N3O2S. The van der Waals surface area contributed by atoms with Crippen LogP contribution in [0.4, 0.5) is 0 Å². The van der Waals surface area contributed by atoms with E-state index >= 15 is 0 Å². The van der Waals surface area contributed by atoms with Crippen molar-refractivity contribution in [2.75, 3.05) is 6.54 Å². The lowest BCUT2D eigenvalue weighted by Gasteiger charge is -1.97. The van der Waals surface area contributed by atoms with Gasteiger partial charge in [0.25, 0.3) is 5.89 Å². The summed E-state index contributed by atoms with van der Waals surface area (Å²) in [5.41, 5.74) is 5.27. The molecule has 2 aromatic heterocycles. The highest BCUT2D eigenvalue weighted by Gasteiger charge is 2.14. The fourth-order valence-electron chi connectivity index (χ4n) is 1.14. The number of aliphatic hydroxyl groups excluding tert-OH is 1. The van der Waals surface area contributed by atoms with Crippen molar-refractivity contribution in [2.45, 2.75) is 12.5 Å². The van der Waals surface area contributed by atoms with Crippen LogP contribution < -0.4 is 5.73 Å². The first kappa shape index (κ1) is 10.3. The summed E-state index contributed by atoms with van der Waals surface area (Å²) in [5, 5.41) is 15.1. The van der Waals surface area contributed by atoms with E-state index < -0.39 is 6.10 Å². The number of rotatable bonds is 4. The minimum absolute atomic E-state index is 0.0840. The van der Waals surface area contributed by atoms with Gasteiger partial charge in [-0.2, -0.15) is 4.98 Å². The highest BCUT2D eigenvalue weighted by molar-refractivity contribution is 7.09. The zero-order valence-corrected chi connectivity index (χ0v) is 8.78. The van der Waals surface area contributed by atoms with Crippen LogP contribution in [-0.2, 0) is 6.42 Å². The first-order valence-corrected chi connectivity index (χ1v) is 5.40. The summed E-state index contributed by atoms with van der Waals surface area (Å²) in [6.45, 7) is 0.0840. The highest BCUT2D eigenvalue weighted by atomic mass is 32.1. The first-order chi connectivity index (χ1) is 7.29. The summed E-state index contributed by atoms with van der Waals surface area (Å²) in [6.07, 6.45) is -0.243. The predicted octanol–water partition coefficient (Wildman–Crippen LogP) is 0.714. The van der Waals surface area contributed by atoms with E-state index in [4.69, 9.17) is 10.3 Å². The van der Waals surface area contributed by atoms with Crippen LogP contribution in [0.25, 0.3) is 0 Å². The fourth-order valence-corrected chi connectivity index (χ4v) is 1.85. The molecule has 3 N–H and O–H groups in total. The number of hydrogen-bond acceptors (Lipinski definition) is 6. The minimum atomic E-state index is -0.866.